The van der Waals surface area contributed by atoms with Crippen molar-refractivity contribution >= 4 is 5.82 Å². The minimum absolute atomic E-state index is 0.776. The van der Waals surface area contributed by atoms with E-state index >= 15 is 0 Å². The fourth-order valence-electron chi connectivity index (χ4n) is 1.91. The maximum atomic E-state index is 5.38. The van der Waals surface area contributed by atoms with Crippen molar-refractivity contribution in [2.75, 3.05) is 18.4 Å². The summed E-state index contributed by atoms with van der Waals surface area (Å²) < 4.78 is 5.38. The van der Waals surface area contributed by atoms with E-state index in [-0.39, 0.29) is 0 Å². The molecule has 0 aromatic carbocycles. The van der Waals surface area contributed by atoms with E-state index in [2.05, 4.69) is 34.0 Å². The van der Waals surface area contributed by atoms with Crippen molar-refractivity contribution in [3.63, 3.8) is 0 Å². The summed E-state index contributed by atoms with van der Waals surface area (Å²) in [5, 5.41) is 3.22. The summed E-state index contributed by atoms with van der Waals surface area (Å²) in [4.78, 5) is 11.1. The molecule has 0 atom stereocenters. The van der Waals surface area contributed by atoms with Crippen molar-refractivity contribution < 1.29 is 4.42 Å². The first-order valence-electron chi connectivity index (χ1n) is 7.11. The second-order valence-electron chi connectivity index (χ2n) is 4.70. The van der Waals surface area contributed by atoms with Crippen molar-refractivity contribution in [3.05, 3.63) is 42.2 Å². The van der Waals surface area contributed by atoms with Crippen molar-refractivity contribution in [2.45, 2.75) is 33.4 Å². The first-order chi connectivity index (χ1) is 9.81. The molecule has 0 radical (unpaired) electrons. The van der Waals surface area contributed by atoms with Gasteiger partial charge in [-0.15, -0.1) is 0 Å². The van der Waals surface area contributed by atoms with Gasteiger partial charge in [-0.05, 0) is 25.1 Å². The van der Waals surface area contributed by atoms with Gasteiger partial charge in [0.05, 0.1) is 30.9 Å². The average Bonchev–Trinajstić information content (AvgIpc) is 2.99. The van der Waals surface area contributed by atoms with Gasteiger partial charge in [0, 0.05) is 13.1 Å². The topological polar surface area (TPSA) is 54.2 Å². The molecular formula is C15H22N4O. The van der Waals surface area contributed by atoms with E-state index in [1.165, 1.54) is 0 Å². The molecule has 0 aliphatic rings. The number of furan rings is 1. The minimum Gasteiger partial charge on any atom is -0.468 e. The summed E-state index contributed by atoms with van der Waals surface area (Å²) in [5.41, 5.74) is 0.973. The van der Waals surface area contributed by atoms with Gasteiger partial charge in [-0.3, -0.25) is 9.88 Å². The third-order valence-electron chi connectivity index (χ3n) is 3.05. The van der Waals surface area contributed by atoms with Crippen LogP contribution in [0.2, 0.25) is 0 Å². The molecular weight excluding hydrogens is 252 g/mol. The van der Waals surface area contributed by atoms with Crippen LogP contribution in [0.3, 0.4) is 0 Å². The Morgan fingerprint density at radius 3 is 2.70 bits per heavy atom. The molecule has 5 nitrogen and oxygen atoms in total. The lowest BCUT2D eigenvalue weighted by Crippen LogP contribution is -2.22. The fourth-order valence-corrected chi connectivity index (χ4v) is 1.91. The molecule has 0 spiro atoms. The number of nitrogens with one attached hydrogen (secondary N) is 1. The number of hydrogen-bond acceptors (Lipinski definition) is 5. The van der Waals surface area contributed by atoms with E-state index in [4.69, 9.17) is 4.42 Å². The van der Waals surface area contributed by atoms with E-state index in [0.29, 0.717) is 0 Å². The molecule has 0 aliphatic heterocycles. The molecule has 2 aromatic heterocycles. The van der Waals surface area contributed by atoms with Crippen LogP contribution in [0.4, 0.5) is 5.82 Å². The van der Waals surface area contributed by atoms with Crippen LogP contribution in [0.25, 0.3) is 0 Å². The highest BCUT2D eigenvalue weighted by Crippen LogP contribution is 2.09. The molecule has 2 rings (SSSR count). The Balaban J connectivity index is 1.90. The molecule has 0 unspecified atom stereocenters. The first-order valence-corrected chi connectivity index (χ1v) is 7.11. The van der Waals surface area contributed by atoms with Crippen LogP contribution in [0.1, 0.15) is 31.7 Å². The molecule has 0 saturated heterocycles. The van der Waals surface area contributed by atoms with Crippen molar-refractivity contribution in [1.29, 1.82) is 0 Å². The summed E-state index contributed by atoms with van der Waals surface area (Å²) in [6, 6.07) is 3.91. The maximum absolute atomic E-state index is 5.38. The Hall–Kier alpha value is -1.88. The molecule has 0 saturated carbocycles. The zero-order valence-corrected chi connectivity index (χ0v) is 12.2. The van der Waals surface area contributed by atoms with Gasteiger partial charge in [0.25, 0.3) is 0 Å². The van der Waals surface area contributed by atoms with Crippen LogP contribution >= 0.6 is 0 Å². The van der Waals surface area contributed by atoms with E-state index in [1.54, 1.807) is 12.5 Å². The normalized spacial score (nSPS) is 10.9. The highest BCUT2D eigenvalue weighted by Gasteiger charge is 2.08. The van der Waals surface area contributed by atoms with Crippen LogP contribution in [0.15, 0.2) is 35.2 Å². The monoisotopic (exact) mass is 274 g/mol. The second kappa shape index (κ2) is 7.65. The van der Waals surface area contributed by atoms with E-state index < -0.39 is 0 Å². The number of aromatic nitrogens is 2. The summed E-state index contributed by atoms with van der Waals surface area (Å²) in [6.07, 6.45) is 6.42. The Morgan fingerprint density at radius 1 is 1.20 bits per heavy atom. The van der Waals surface area contributed by atoms with Gasteiger partial charge in [0.15, 0.2) is 0 Å². The Kier molecular flexibility index (Phi) is 5.55. The Labute approximate surface area is 120 Å². The molecule has 0 bridgehead atoms. The van der Waals surface area contributed by atoms with Gasteiger partial charge in [-0.1, -0.05) is 13.8 Å². The summed E-state index contributed by atoms with van der Waals surface area (Å²) in [6.45, 7) is 7.70. The Bertz CT molecular complexity index is 481. The fraction of sp³-hybridized carbons (Fsp3) is 0.467. The Morgan fingerprint density at radius 2 is 2.10 bits per heavy atom. The highest BCUT2D eigenvalue weighted by atomic mass is 16.3. The smallest absolute Gasteiger partial charge is 0.144 e. The molecule has 20 heavy (non-hydrogen) atoms. The highest BCUT2D eigenvalue weighted by molar-refractivity contribution is 5.30. The molecule has 2 aromatic rings. The van der Waals surface area contributed by atoms with Crippen molar-refractivity contribution in [3.8, 4) is 0 Å². The predicted octanol–water partition coefficient (Wildman–Crippen LogP) is 2.91. The van der Waals surface area contributed by atoms with Gasteiger partial charge < -0.3 is 9.73 Å². The SMILES string of the molecule is CCCNc1cnc(CN(CC)Cc2ccco2)cn1. The standard InChI is InChI=1S/C15H22N4O/c1-3-7-16-15-10-17-13(9-18-15)11-19(4-2)12-14-6-5-8-20-14/h5-6,8-10H,3-4,7,11-12H2,1-2H3,(H,16,18). The van der Waals surface area contributed by atoms with Crippen LogP contribution in [0, 0.1) is 0 Å². The molecule has 108 valence electrons. The van der Waals surface area contributed by atoms with Crippen molar-refractivity contribution in [1.82, 2.24) is 14.9 Å². The number of anilines is 1. The lowest BCUT2D eigenvalue weighted by molar-refractivity contribution is 0.245. The molecule has 1 N–H and O–H groups in total. The molecule has 0 aliphatic carbocycles. The summed E-state index contributed by atoms with van der Waals surface area (Å²) in [5.74, 6) is 1.81. The third-order valence-corrected chi connectivity index (χ3v) is 3.05. The van der Waals surface area contributed by atoms with E-state index in [1.807, 2.05) is 18.3 Å². The molecule has 0 fully saturated rings. The number of hydrogen-bond donors (Lipinski definition) is 1. The molecule has 2 heterocycles. The second-order valence-corrected chi connectivity index (χ2v) is 4.70. The van der Waals surface area contributed by atoms with E-state index in [9.17, 15) is 0 Å². The van der Waals surface area contributed by atoms with Crippen molar-refractivity contribution in [2.24, 2.45) is 0 Å². The maximum Gasteiger partial charge on any atom is 0.144 e. The van der Waals surface area contributed by atoms with Crippen LogP contribution in [-0.2, 0) is 13.1 Å². The van der Waals surface area contributed by atoms with Gasteiger partial charge in [0.1, 0.15) is 11.6 Å². The summed E-state index contributed by atoms with van der Waals surface area (Å²) in [7, 11) is 0. The van der Waals surface area contributed by atoms with E-state index in [0.717, 1.165) is 49.9 Å². The zero-order chi connectivity index (χ0) is 14.2. The molecule has 0 amide bonds. The zero-order valence-electron chi connectivity index (χ0n) is 12.2. The van der Waals surface area contributed by atoms with Gasteiger partial charge in [-0.2, -0.15) is 0 Å². The molecule has 5 heteroatoms. The number of rotatable bonds is 8. The minimum atomic E-state index is 0.776. The van der Waals surface area contributed by atoms with Crippen LogP contribution < -0.4 is 5.32 Å². The van der Waals surface area contributed by atoms with Crippen LogP contribution in [-0.4, -0.2) is 28.0 Å². The lowest BCUT2D eigenvalue weighted by Gasteiger charge is -2.18. The number of nitrogens with zero attached hydrogens (tertiary/aromatic N) is 3. The van der Waals surface area contributed by atoms with Gasteiger partial charge >= 0.3 is 0 Å². The third kappa shape index (κ3) is 4.35. The van der Waals surface area contributed by atoms with Crippen LogP contribution in [0.5, 0.6) is 0 Å². The lowest BCUT2D eigenvalue weighted by atomic mass is 10.3. The van der Waals surface area contributed by atoms with Gasteiger partial charge in [-0.25, -0.2) is 4.98 Å². The first kappa shape index (κ1) is 14.5. The predicted molar refractivity (Wildman–Crippen MR) is 79.3 cm³/mol. The quantitative estimate of drug-likeness (QED) is 0.802. The summed E-state index contributed by atoms with van der Waals surface area (Å²) >= 11 is 0. The van der Waals surface area contributed by atoms with Gasteiger partial charge in [0.2, 0.25) is 0 Å². The largest absolute Gasteiger partial charge is 0.468 e. The average molecular weight is 274 g/mol.